The van der Waals surface area contributed by atoms with Crippen molar-refractivity contribution in [3.63, 3.8) is 0 Å². The number of aldehydes is 1. The van der Waals surface area contributed by atoms with Gasteiger partial charge in [0.15, 0.2) is 0 Å². The molecule has 1 aliphatic rings. The zero-order valence-electron chi connectivity index (χ0n) is 18.7. The molecule has 9 nitrogen and oxygen atoms in total. The van der Waals surface area contributed by atoms with E-state index < -0.39 is 71.8 Å². The van der Waals surface area contributed by atoms with Crippen LogP contribution in [0.4, 0.5) is 13.2 Å². The summed E-state index contributed by atoms with van der Waals surface area (Å²) in [5.74, 6) is -3.38. The molecule has 1 aliphatic heterocycles. The van der Waals surface area contributed by atoms with Gasteiger partial charge in [0, 0.05) is 6.54 Å². The molecule has 0 radical (unpaired) electrons. The number of aliphatic carboxylic acids is 1. The molecular formula is C22H28F3N3O6. The maximum atomic E-state index is 13.3. The van der Waals surface area contributed by atoms with Crippen LogP contribution in [-0.4, -0.2) is 70.1 Å². The standard InChI is InChI=1S/C22H28F3N3O6/c1-12(2)18(27-19(32)14-6-3-4-7-15(14)22(23,24)25)21(34)28-9-5-8-16(28)20(33)26-13(11-29)10-17(30)31/h3-4,6-7,11-13,16,18,21,34H,5,8-10H2,1-2H3,(H,26,33)(H,27,32)(H,30,31)/t13-,16-,18-,21?/m0/s1. The van der Waals surface area contributed by atoms with E-state index in [1.165, 1.54) is 17.0 Å². The first-order valence-electron chi connectivity index (χ1n) is 10.7. The van der Waals surface area contributed by atoms with Crippen LogP contribution in [-0.2, 0) is 20.6 Å². The van der Waals surface area contributed by atoms with Crippen molar-refractivity contribution in [3.8, 4) is 0 Å². The van der Waals surface area contributed by atoms with E-state index in [1.54, 1.807) is 13.8 Å². The minimum absolute atomic E-state index is 0.252. The lowest BCUT2D eigenvalue weighted by Crippen LogP contribution is -2.58. The van der Waals surface area contributed by atoms with Gasteiger partial charge in [-0.3, -0.25) is 19.3 Å². The molecular weight excluding hydrogens is 459 g/mol. The first-order valence-corrected chi connectivity index (χ1v) is 10.7. The monoisotopic (exact) mass is 487 g/mol. The molecule has 1 heterocycles. The largest absolute Gasteiger partial charge is 0.481 e. The van der Waals surface area contributed by atoms with Gasteiger partial charge in [0.25, 0.3) is 5.91 Å². The summed E-state index contributed by atoms with van der Waals surface area (Å²) < 4.78 is 40.0. The van der Waals surface area contributed by atoms with Crippen molar-refractivity contribution in [2.45, 2.75) is 63.6 Å². The number of nitrogens with zero attached hydrogens (tertiary/aromatic N) is 1. The van der Waals surface area contributed by atoms with Crippen LogP contribution in [0, 0.1) is 5.92 Å². The highest BCUT2D eigenvalue weighted by Crippen LogP contribution is 2.32. The molecule has 1 saturated heterocycles. The molecule has 1 fully saturated rings. The summed E-state index contributed by atoms with van der Waals surface area (Å²) in [6, 6.07) is 1.11. The van der Waals surface area contributed by atoms with Crippen molar-refractivity contribution in [2.75, 3.05) is 6.54 Å². The number of hydrogen-bond acceptors (Lipinski definition) is 6. The lowest BCUT2D eigenvalue weighted by atomic mass is 9.99. The summed E-state index contributed by atoms with van der Waals surface area (Å²) in [7, 11) is 0. The molecule has 34 heavy (non-hydrogen) atoms. The fourth-order valence-corrected chi connectivity index (χ4v) is 3.94. The molecule has 188 valence electrons. The SMILES string of the molecule is CC(C)[C@H](NC(=O)c1ccccc1C(F)(F)F)C(O)N1CCC[C@H]1C(=O)N[C@H](C=O)CC(=O)O. The molecule has 1 aromatic carbocycles. The highest BCUT2D eigenvalue weighted by molar-refractivity contribution is 5.96. The van der Waals surface area contributed by atoms with E-state index in [2.05, 4.69) is 10.6 Å². The molecule has 2 rings (SSSR count). The number of alkyl halides is 3. The number of aliphatic hydroxyl groups is 1. The molecule has 1 aromatic rings. The lowest BCUT2D eigenvalue weighted by Gasteiger charge is -2.36. The molecule has 0 aromatic heterocycles. The Hall–Kier alpha value is -2.99. The Bertz CT molecular complexity index is 908. The number of carbonyl (C=O) groups is 4. The van der Waals surface area contributed by atoms with Gasteiger partial charge >= 0.3 is 12.1 Å². The average molecular weight is 487 g/mol. The molecule has 4 N–H and O–H groups in total. The minimum atomic E-state index is -4.75. The van der Waals surface area contributed by atoms with Gasteiger partial charge in [-0.1, -0.05) is 26.0 Å². The van der Waals surface area contributed by atoms with Gasteiger partial charge in [-0.25, -0.2) is 0 Å². The topological polar surface area (TPSA) is 136 Å². The molecule has 0 saturated carbocycles. The summed E-state index contributed by atoms with van der Waals surface area (Å²) in [6.45, 7) is 3.57. The predicted molar refractivity (Wildman–Crippen MR) is 114 cm³/mol. The molecule has 0 bridgehead atoms. The van der Waals surface area contributed by atoms with Crippen molar-refractivity contribution < 1.29 is 42.6 Å². The number of hydrogen-bond donors (Lipinski definition) is 4. The number of rotatable bonds is 10. The quantitative estimate of drug-likeness (QED) is 0.366. The number of halogens is 3. The van der Waals surface area contributed by atoms with E-state index >= 15 is 0 Å². The molecule has 0 aliphatic carbocycles. The molecule has 0 spiro atoms. The Labute approximate surface area is 194 Å². The average Bonchev–Trinajstić information content (AvgIpc) is 3.25. The summed E-state index contributed by atoms with van der Waals surface area (Å²) in [5.41, 5.74) is -1.70. The van der Waals surface area contributed by atoms with Crippen LogP contribution in [0.15, 0.2) is 24.3 Å². The summed E-state index contributed by atoms with van der Waals surface area (Å²) >= 11 is 0. The van der Waals surface area contributed by atoms with E-state index in [-0.39, 0.29) is 6.54 Å². The van der Waals surface area contributed by atoms with Gasteiger partial charge in [-0.15, -0.1) is 0 Å². The van der Waals surface area contributed by atoms with Gasteiger partial charge in [-0.05, 0) is 30.9 Å². The maximum Gasteiger partial charge on any atom is 0.417 e. The third kappa shape index (κ3) is 6.76. The highest BCUT2D eigenvalue weighted by Gasteiger charge is 2.41. The Morgan fingerprint density at radius 3 is 2.41 bits per heavy atom. The maximum absolute atomic E-state index is 13.3. The van der Waals surface area contributed by atoms with E-state index in [1.807, 2.05) is 0 Å². The molecule has 4 atom stereocenters. The summed E-state index contributed by atoms with van der Waals surface area (Å²) in [4.78, 5) is 48.7. The number of carboxylic acid groups (broad SMARTS) is 1. The second-order valence-electron chi connectivity index (χ2n) is 8.45. The Balaban J connectivity index is 2.20. The van der Waals surface area contributed by atoms with Gasteiger partial charge in [0.05, 0.1) is 35.7 Å². The Kier molecular flexibility index (Phi) is 9.16. The third-order valence-electron chi connectivity index (χ3n) is 5.64. The number of likely N-dealkylation sites (tertiary alicyclic amines) is 1. The van der Waals surface area contributed by atoms with Crippen LogP contribution in [0.5, 0.6) is 0 Å². The first-order chi connectivity index (χ1) is 15.9. The lowest BCUT2D eigenvalue weighted by molar-refractivity contribution is -0.140. The van der Waals surface area contributed by atoms with Gasteiger partial charge in [0.2, 0.25) is 5.91 Å². The second-order valence-corrected chi connectivity index (χ2v) is 8.45. The fourth-order valence-electron chi connectivity index (χ4n) is 3.94. The molecule has 12 heteroatoms. The van der Waals surface area contributed by atoms with Gasteiger partial charge in [0.1, 0.15) is 12.5 Å². The fraction of sp³-hybridized carbons (Fsp3) is 0.545. The Morgan fingerprint density at radius 2 is 1.85 bits per heavy atom. The number of carbonyl (C=O) groups excluding carboxylic acids is 3. The van der Waals surface area contributed by atoms with E-state index in [9.17, 15) is 37.5 Å². The van der Waals surface area contributed by atoms with Crippen LogP contribution >= 0.6 is 0 Å². The minimum Gasteiger partial charge on any atom is -0.481 e. The molecule has 1 unspecified atom stereocenters. The predicted octanol–water partition coefficient (Wildman–Crippen LogP) is 1.40. The van der Waals surface area contributed by atoms with Crippen LogP contribution < -0.4 is 10.6 Å². The van der Waals surface area contributed by atoms with E-state index in [0.29, 0.717) is 19.1 Å². The number of amides is 2. The summed E-state index contributed by atoms with van der Waals surface area (Å²) in [5, 5.41) is 24.6. The number of carboxylic acids is 1. The van der Waals surface area contributed by atoms with Crippen molar-refractivity contribution >= 4 is 24.1 Å². The number of benzene rings is 1. The first kappa shape index (κ1) is 27.3. The van der Waals surface area contributed by atoms with Crippen molar-refractivity contribution in [2.24, 2.45) is 5.92 Å². The number of aliphatic hydroxyl groups excluding tert-OH is 1. The number of nitrogens with one attached hydrogen (secondary N) is 2. The second kappa shape index (κ2) is 11.4. The van der Waals surface area contributed by atoms with Crippen molar-refractivity contribution in [1.29, 1.82) is 0 Å². The zero-order valence-corrected chi connectivity index (χ0v) is 18.7. The van der Waals surface area contributed by atoms with Crippen LogP contribution in [0.25, 0.3) is 0 Å². The highest BCUT2D eigenvalue weighted by atomic mass is 19.4. The third-order valence-corrected chi connectivity index (χ3v) is 5.64. The van der Waals surface area contributed by atoms with E-state index in [0.717, 1.165) is 12.1 Å². The van der Waals surface area contributed by atoms with Crippen molar-refractivity contribution in [3.05, 3.63) is 35.4 Å². The smallest absolute Gasteiger partial charge is 0.417 e. The van der Waals surface area contributed by atoms with Crippen LogP contribution in [0.3, 0.4) is 0 Å². The van der Waals surface area contributed by atoms with Crippen molar-refractivity contribution in [1.82, 2.24) is 15.5 Å². The van der Waals surface area contributed by atoms with Gasteiger partial charge < -0.3 is 25.6 Å². The van der Waals surface area contributed by atoms with Crippen LogP contribution in [0.1, 0.15) is 49.0 Å². The normalized spacial score (nSPS) is 19.3. The zero-order chi connectivity index (χ0) is 25.6. The van der Waals surface area contributed by atoms with Gasteiger partial charge in [-0.2, -0.15) is 13.2 Å². The Morgan fingerprint density at radius 1 is 1.21 bits per heavy atom. The van der Waals surface area contributed by atoms with E-state index in [4.69, 9.17) is 5.11 Å². The molecule has 2 amide bonds. The summed E-state index contributed by atoms with van der Waals surface area (Å²) in [6.07, 6.45) is -5.67. The van der Waals surface area contributed by atoms with Crippen LogP contribution in [0.2, 0.25) is 0 Å².